The van der Waals surface area contributed by atoms with E-state index in [2.05, 4.69) is 49.1 Å². The molecule has 1 aromatic carbocycles. The smallest absolute Gasteiger partial charge is 0.0700 e. The Morgan fingerprint density at radius 2 is 1.68 bits per heavy atom. The third kappa shape index (κ3) is 3.58. The van der Waals surface area contributed by atoms with Gasteiger partial charge in [-0.25, -0.2) is 0 Å². The molecular weight excluding hydrogens is 234 g/mol. The molecule has 1 aliphatic heterocycles. The Balaban J connectivity index is 1.88. The number of piperidine rings is 1. The highest BCUT2D eigenvalue weighted by Crippen LogP contribution is 2.34. The Bertz CT molecular complexity index is 364. The van der Waals surface area contributed by atoms with E-state index in [1.807, 2.05) is 0 Å². The fraction of sp³-hybridized carbons (Fsp3) is 0.647. The third-order valence-corrected chi connectivity index (χ3v) is 4.72. The van der Waals surface area contributed by atoms with E-state index in [4.69, 9.17) is 0 Å². The first kappa shape index (κ1) is 14.5. The molecule has 0 atom stereocenters. The SMILES string of the molecule is CCC(CC)C1(O)CCN(Cc2ccccc2)CC1. The fourth-order valence-corrected chi connectivity index (χ4v) is 3.40. The zero-order valence-electron chi connectivity index (χ0n) is 12.3. The third-order valence-electron chi connectivity index (χ3n) is 4.72. The summed E-state index contributed by atoms with van der Waals surface area (Å²) in [7, 11) is 0. The molecule has 0 amide bonds. The van der Waals surface area contributed by atoms with Crippen LogP contribution < -0.4 is 0 Å². The summed E-state index contributed by atoms with van der Waals surface area (Å²) in [6.45, 7) is 7.44. The zero-order chi connectivity index (χ0) is 13.7. The van der Waals surface area contributed by atoms with Gasteiger partial charge in [-0.05, 0) is 24.3 Å². The van der Waals surface area contributed by atoms with Crippen LogP contribution in [0.5, 0.6) is 0 Å². The highest BCUT2D eigenvalue weighted by atomic mass is 16.3. The minimum Gasteiger partial charge on any atom is -0.390 e. The quantitative estimate of drug-likeness (QED) is 0.877. The maximum absolute atomic E-state index is 10.8. The summed E-state index contributed by atoms with van der Waals surface area (Å²) in [5.74, 6) is 0.464. The molecule has 0 radical (unpaired) electrons. The standard InChI is InChI=1S/C17H27NO/c1-3-16(4-2)17(19)10-12-18(13-11-17)14-15-8-6-5-7-9-15/h5-9,16,19H,3-4,10-14H2,1-2H3. The average Bonchev–Trinajstić information content (AvgIpc) is 2.44. The summed E-state index contributed by atoms with van der Waals surface area (Å²) < 4.78 is 0. The summed E-state index contributed by atoms with van der Waals surface area (Å²) in [6.07, 6.45) is 4.02. The van der Waals surface area contributed by atoms with E-state index in [9.17, 15) is 5.11 Å². The number of aliphatic hydroxyl groups is 1. The predicted molar refractivity (Wildman–Crippen MR) is 80.0 cm³/mol. The minimum atomic E-state index is -0.420. The second-order valence-electron chi connectivity index (χ2n) is 5.88. The van der Waals surface area contributed by atoms with Crippen molar-refractivity contribution in [3.05, 3.63) is 35.9 Å². The number of hydrogen-bond acceptors (Lipinski definition) is 2. The molecule has 0 aromatic heterocycles. The van der Waals surface area contributed by atoms with Gasteiger partial charge in [-0.3, -0.25) is 4.90 Å². The van der Waals surface area contributed by atoms with Crippen LogP contribution in [0.2, 0.25) is 0 Å². The van der Waals surface area contributed by atoms with Crippen LogP contribution in [0.4, 0.5) is 0 Å². The van der Waals surface area contributed by atoms with Crippen LogP contribution in [-0.4, -0.2) is 28.7 Å². The summed E-state index contributed by atoms with van der Waals surface area (Å²) in [5, 5.41) is 10.8. The van der Waals surface area contributed by atoms with Crippen molar-refractivity contribution in [2.75, 3.05) is 13.1 Å². The lowest BCUT2D eigenvalue weighted by molar-refractivity contribution is -0.0707. The molecule has 0 bridgehead atoms. The molecule has 1 fully saturated rings. The molecule has 1 saturated heterocycles. The van der Waals surface area contributed by atoms with Gasteiger partial charge in [-0.15, -0.1) is 0 Å². The highest BCUT2D eigenvalue weighted by Gasteiger charge is 2.37. The van der Waals surface area contributed by atoms with Crippen molar-refractivity contribution in [1.29, 1.82) is 0 Å². The van der Waals surface area contributed by atoms with Crippen molar-refractivity contribution < 1.29 is 5.11 Å². The molecule has 0 spiro atoms. The van der Waals surface area contributed by atoms with Crippen molar-refractivity contribution in [1.82, 2.24) is 4.90 Å². The summed E-state index contributed by atoms with van der Waals surface area (Å²) in [5.41, 5.74) is 0.951. The largest absolute Gasteiger partial charge is 0.390 e. The Morgan fingerprint density at radius 1 is 1.11 bits per heavy atom. The molecule has 19 heavy (non-hydrogen) atoms. The lowest BCUT2D eigenvalue weighted by Gasteiger charge is -2.42. The second kappa shape index (κ2) is 6.53. The predicted octanol–water partition coefficient (Wildman–Crippen LogP) is 3.45. The van der Waals surface area contributed by atoms with Gasteiger partial charge in [0.25, 0.3) is 0 Å². The molecule has 2 nitrogen and oxygen atoms in total. The van der Waals surface area contributed by atoms with Crippen LogP contribution in [0.25, 0.3) is 0 Å². The monoisotopic (exact) mass is 261 g/mol. The van der Waals surface area contributed by atoms with Gasteiger partial charge in [-0.1, -0.05) is 57.0 Å². The molecule has 0 aliphatic carbocycles. The van der Waals surface area contributed by atoms with Crippen LogP contribution in [-0.2, 0) is 6.54 Å². The van der Waals surface area contributed by atoms with E-state index >= 15 is 0 Å². The topological polar surface area (TPSA) is 23.5 Å². The van der Waals surface area contributed by atoms with Gasteiger partial charge >= 0.3 is 0 Å². The van der Waals surface area contributed by atoms with Gasteiger partial charge in [0, 0.05) is 19.6 Å². The van der Waals surface area contributed by atoms with Gasteiger partial charge in [0.2, 0.25) is 0 Å². The van der Waals surface area contributed by atoms with Crippen LogP contribution in [0.3, 0.4) is 0 Å². The van der Waals surface area contributed by atoms with E-state index in [0.717, 1.165) is 45.3 Å². The average molecular weight is 261 g/mol. The first-order chi connectivity index (χ1) is 9.18. The van der Waals surface area contributed by atoms with E-state index < -0.39 is 5.60 Å². The van der Waals surface area contributed by atoms with Crippen molar-refractivity contribution >= 4 is 0 Å². The number of rotatable bonds is 5. The molecular formula is C17H27NO. The first-order valence-corrected chi connectivity index (χ1v) is 7.66. The van der Waals surface area contributed by atoms with Crippen LogP contribution in [0.15, 0.2) is 30.3 Å². The van der Waals surface area contributed by atoms with Crippen LogP contribution in [0, 0.1) is 5.92 Å². The van der Waals surface area contributed by atoms with Gasteiger partial charge in [0.1, 0.15) is 0 Å². The van der Waals surface area contributed by atoms with Gasteiger partial charge in [0.15, 0.2) is 0 Å². The Kier molecular flexibility index (Phi) is 5.00. The summed E-state index contributed by atoms with van der Waals surface area (Å²) in [6, 6.07) is 10.6. The Morgan fingerprint density at radius 3 is 2.21 bits per heavy atom. The molecule has 1 N–H and O–H groups in total. The maximum atomic E-state index is 10.8. The first-order valence-electron chi connectivity index (χ1n) is 7.66. The van der Waals surface area contributed by atoms with E-state index in [0.29, 0.717) is 5.92 Å². The van der Waals surface area contributed by atoms with Crippen LogP contribution >= 0.6 is 0 Å². The van der Waals surface area contributed by atoms with Crippen molar-refractivity contribution in [2.24, 2.45) is 5.92 Å². The van der Waals surface area contributed by atoms with Gasteiger partial charge in [-0.2, -0.15) is 0 Å². The molecule has 1 heterocycles. The molecule has 106 valence electrons. The van der Waals surface area contributed by atoms with Crippen molar-refractivity contribution in [3.63, 3.8) is 0 Å². The number of likely N-dealkylation sites (tertiary alicyclic amines) is 1. The molecule has 0 saturated carbocycles. The van der Waals surface area contributed by atoms with Crippen molar-refractivity contribution in [3.8, 4) is 0 Å². The lowest BCUT2D eigenvalue weighted by Crippen LogP contribution is -2.48. The van der Waals surface area contributed by atoms with E-state index in [1.54, 1.807) is 0 Å². The van der Waals surface area contributed by atoms with Gasteiger partial charge in [0.05, 0.1) is 5.60 Å². The second-order valence-corrected chi connectivity index (χ2v) is 5.88. The number of benzene rings is 1. The number of hydrogen-bond donors (Lipinski definition) is 1. The maximum Gasteiger partial charge on any atom is 0.0700 e. The Labute approximate surface area is 117 Å². The van der Waals surface area contributed by atoms with E-state index in [1.165, 1.54) is 5.56 Å². The molecule has 1 aromatic rings. The summed E-state index contributed by atoms with van der Waals surface area (Å²) in [4.78, 5) is 2.46. The van der Waals surface area contributed by atoms with E-state index in [-0.39, 0.29) is 0 Å². The normalized spacial score (nSPS) is 19.8. The zero-order valence-corrected chi connectivity index (χ0v) is 12.3. The molecule has 0 unspecified atom stereocenters. The molecule has 2 heteroatoms. The van der Waals surface area contributed by atoms with Crippen molar-refractivity contribution in [2.45, 2.75) is 51.7 Å². The molecule has 1 aliphatic rings. The summed E-state index contributed by atoms with van der Waals surface area (Å²) >= 11 is 0. The highest BCUT2D eigenvalue weighted by molar-refractivity contribution is 5.14. The lowest BCUT2D eigenvalue weighted by atomic mass is 9.77. The van der Waals surface area contributed by atoms with Gasteiger partial charge < -0.3 is 5.11 Å². The number of nitrogens with zero attached hydrogens (tertiary/aromatic N) is 1. The Hall–Kier alpha value is -0.860. The van der Waals surface area contributed by atoms with Crippen LogP contribution in [0.1, 0.15) is 45.1 Å². The molecule has 2 rings (SSSR count). The minimum absolute atomic E-state index is 0.420. The fourth-order valence-electron chi connectivity index (χ4n) is 3.40.